The summed E-state index contributed by atoms with van der Waals surface area (Å²) in [5.74, 6) is 2.43. The average Bonchev–Trinajstić information content (AvgIpc) is 2.83. The maximum atomic E-state index is 5.90. The maximum absolute atomic E-state index is 5.90. The molecule has 6 heteroatoms. The van der Waals surface area contributed by atoms with E-state index in [4.69, 9.17) is 16.3 Å². The van der Waals surface area contributed by atoms with Crippen molar-refractivity contribution in [2.45, 2.75) is 13.3 Å². The normalized spacial score (nSPS) is 10.9. The predicted octanol–water partition coefficient (Wildman–Crippen LogP) is 2.71. The molecule has 5 nitrogen and oxygen atoms in total. The summed E-state index contributed by atoms with van der Waals surface area (Å²) in [4.78, 5) is 4.21. The van der Waals surface area contributed by atoms with Gasteiger partial charge in [0.1, 0.15) is 22.6 Å². The van der Waals surface area contributed by atoms with Gasteiger partial charge in [0, 0.05) is 12.5 Å². The Morgan fingerprint density at radius 3 is 2.80 bits per heavy atom. The van der Waals surface area contributed by atoms with Crippen molar-refractivity contribution in [3.05, 3.63) is 53.2 Å². The molecule has 2 aromatic heterocycles. The number of fused-ring (bicyclic) bond motifs is 1. The zero-order valence-electron chi connectivity index (χ0n) is 11.0. The first kappa shape index (κ1) is 12.9. The molecule has 0 radical (unpaired) electrons. The van der Waals surface area contributed by atoms with E-state index in [2.05, 4.69) is 15.2 Å². The largest absolute Gasteiger partial charge is 0.493 e. The van der Waals surface area contributed by atoms with E-state index in [-0.39, 0.29) is 0 Å². The molecular formula is C14H13ClN4O. The van der Waals surface area contributed by atoms with Crippen LogP contribution in [0.2, 0.25) is 5.15 Å². The number of hydrogen-bond donors (Lipinski definition) is 0. The fraction of sp³-hybridized carbons (Fsp3) is 0.214. The van der Waals surface area contributed by atoms with Crippen molar-refractivity contribution in [3.63, 3.8) is 0 Å². The van der Waals surface area contributed by atoms with Gasteiger partial charge in [-0.15, -0.1) is 10.2 Å². The molecule has 0 aliphatic carbocycles. The highest BCUT2D eigenvalue weighted by Crippen LogP contribution is 2.13. The number of aromatic nitrogens is 4. The molecule has 0 unspecified atom stereocenters. The predicted molar refractivity (Wildman–Crippen MR) is 76.2 cm³/mol. The van der Waals surface area contributed by atoms with Crippen LogP contribution in [0.25, 0.3) is 5.65 Å². The lowest BCUT2D eigenvalue weighted by molar-refractivity contribution is 0.318. The molecule has 0 aliphatic rings. The number of nitrogens with zero attached hydrogens (tertiary/aromatic N) is 4. The van der Waals surface area contributed by atoms with Gasteiger partial charge in [0.25, 0.3) is 0 Å². The molecule has 20 heavy (non-hydrogen) atoms. The lowest BCUT2D eigenvalue weighted by Gasteiger charge is -2.06. The number of benzene rings is 1. The van der Waals surface area contributed by atoms with E-state index in [0.29, 0.717) is 23.8 Å². The van der Waals surface area contributed by atoms with Crippen molar-refractivity contribution in [2.24, 2.45) is 0 Å². The molecule has 0 bridgehead atoms. The van der Waals surface area contributed by atoms with Crippen molar-refractivity contribution in [3.8, 4) is 5.75 Å². The maximum Gasteiger partial charge on any atom is 0.165 e. The zero-order valence-corrected chi connectivity index (χ0v) is 11.7. The third-order valence-electron chi connectivity index (χ3n) is 2.93. The van der Waals surface area contributed by atoms with Crippen molar-refractivity contribution in [1.29, 1.82) is 0 Å². The van der Waals surface area contributed by atoms with Crippen molar-refractivity contribution < 1.29 is 4.74 Å². The highest BCUT2D eigenvalue weighted by Gasteiger charge is 2.09. The van der Waals surface area contributed by atoms with Crippen LogP contribution < -0.4 is 4.74 Å². The molecule has 0 saturated carbocycles. The summed E-state index contributed by atoms with van der Waals surface area (Å²) in [6.07, 6.45) is 0.653. The van der Waals surface area contributed by atoms with E-state index in [1.807, 2.05) is 41.7 Å². The average molecular weight is 289 g/mol. The lowest BCUT2D eigenvalue weighted by atomic mass is 10.3. The van der Waals surface area contributed by atoms with Gasteiger partial charge in [-0.2, -0.15) is 0 Å². The SMILES string of the molecule is Cc1nc(Cl)cc2nnc(CCOc3ccccc3)n12. The Morgan fingerprint density at radius 2 is 2.00 bits per heavy atom. The summed E-state index contributed by atoms with van der Waals surface area (Å²) in [7, 11) is 0. The molecule has 0 fully saturated rings. The number of hydrogen-bond acceptors (Lipinski definition) is 4. The summed E-state index contributed by atoms with van der Waals surface area (Å²) in [5, 5.41) is 8.69. The van der Waals surface area contributed by atoms with Gasteiger partial charge in [-0.25, -0.2) is 4.98 Å². The quantitative estimate of drug-likeness (QED) is 0.693. The van der Waals surface area contributed by atoms with E-state index in [9.17, 15) is 0 Å². The Morgan fingerprint density at radius 1 is 1.20 bits per heavy atom. The van der Waals surface area contributed by atoms with Gasteiger partial charge in [-0.05, 0) is 19.1 Å². The Kier molecular flexibility index (Phi) is 3.52. The van der Waals surface area contributed by atoms with Crippen molar-refractivity contribution in [1.82, 2.24) is 19.6 Å². The fourth-order valence-corrected chi connectivity index (χ4v) is 2.28. The summed E-state index contributed by atoms with van der Waals surface area (Å²) >= 11 is 5.90. The number of aryl methyl sites for hydroxylation is 1. The van der Waals surface area contributed by atoms with Gasteiger partial charge in [0.15, 0.2) is 5.65 Å². The summed E-state index contributed by atoms with van der Waals surface area (Å²) < 4.78 is 7.55. The number of rotatable bonds is 4. The van der Waals surface area contributed by atoms with Crippen LogP contribution in [-0.4, -0.2) is 26.2 Å². The molecule has 0 spiro atoms. The molecule has 3 aromatic rings. The zero-order chi connectivity index (χ0) is 13.9. The van der Waals surface area contributed by atoms with E-state index in [1.165, 1.54) is 0 Å². The van der Waals surface area contributed by atoms with Crippen LogP contribution >= 0.6 is 11.6 Å². The van der Waals surface area contributed by atoms with Gasteiger partial charge in [-0.3, -0.25) is 4.40 Å². The Bertz CT molecular complexity index is 727. The molecule has 1 aromatic carbocycles. The topological polar surface area (TPSA) is 52.3 Å². The van der Waals surface area contributed by atoms with Crippen LogP contribution in [0.3, 0.4) is 0 Å². The highest BCUT2D eigenvalue weighted by molar-refractivity contribution is 6.29. The van der Waals surface area contributed by atoms with Crippen molar-refractivity contribution >= 4 is 17.2 Å². The van der Waals surface area contributed by atoms with Crippen LogP contribution in [0.1, 0.15) is 11.6 Å². The van der Waals surface area contributed by atoms with Crippen molar-refractivity contribution in [2.75, 3.05) is 6.61 Å². The van der Waals surface area contributed by atoms with E-state index >= 15 is 0 Å². The molecule has 0 atom stereocenters. The van der Waals surface area contributed by atoms with Gasteiger partial charge in [0.2, 0.25) is 0 Å². The minimum absolute atomic E-state index is 0.425. The van der Waals surface area contributed by atoms with Crippen LogP contribution in [0.4, 0.5) is 0 Å². The first-order valence-electron chi connectivity index (χ1n) is 6.29. The fourth-order valence-electron chi connectivity index (χ4n) is 2.06. The van der Waals surface area contributed by atoms with E-state index in [0.717, 1.165) is 17.4 Å². The minimum Gasteiger partial charge on any atom is -0.493 e. The second-order valence-corrected chi connectivity index (χ2v) is 4.73. The van der Waals surface area contributed by atoms with Gasteiger partial charge in [-0.1, -0.05) is 29.8 Å². The molecule has 3 rings (SSSR count). The second kappa shape index (κ2) is 5.46. The highest BCUT2D eigenvalue weighted by atomic mass is 35.5. The molecule has 0 aliphatic heterocycles. The summed E-state index contributed by atoms with van der Waals surface area (Å²) in [5.41, 5.74) is 0.706. The number of ether oxygens (including phenoxy) is 1. The van der Waals surface area contributed by atoms with Crippen LogP contribution in [-0.2, 0) is 6.42 Å². The van der Waals surface area contributed by atoms with E-state index in [1.54, 1.807) is 6.07 Å². The van der Waals surface area contributed by atoms with E-state index < -0.39 is 0 Å². The summed E-state index contributed by atoms with van der Waals surface area (Å²) in [6, 6.07) is 11.4. The number of para-hydroxylation sites is 1. The summed E-state index contributed by atoms with van der Waals surface area (Å²) in [6.45, 7) is 2.41. The first-order chi connectivity index (χ1) is 9.74. The van der Waals surface area contributed by atoms with Gasteiger partial charge < -0.3 is 4.74 Å². The lowest BCUT2D eigenvalue weighted by Crippen LogP contribution is -2.07. The first-order valence-corrected chi connectivity index (χ1v) is 6.67. The molecule has 0 amide bonds. The van der Waals surface area contributed by atoms with Crippen LogP contribution in [0.5, 0.6) is 5.75 Å². The third kappa shape index (κ3) is 2.58. The Hall–Kier alpha value is -2.14. The van der Waals surface area contributed by atoms with Gasteiger partial charge >= 0.3 is 0 Å². The molecular weight excluding hydrogens is 276 g/mol. The Balaban J connectivity index is 1.75. The monoisotopic (exact) mass is 288 g/mol. The minimum atomic E-state index is 0.425. The Labute approximate surface area is 121 Å². The molecule has 102 valence electrons. The van der Waals surface area contributed by atoms with Crippen LogP contribution in [0, 0.1) is 6.92 Å². The standard InChI is InChI=1S/C14H13ClN4O/c1-10-16-12(15)9-14-18-17-13(19(10)14)7-8-20-11-5-3-2-4-6-11/h2-6,9H,7-8H2,1H3. The molecule has 0 N–H and O–H groups in total. The smallest absolute Gasteiger partial charge is 0.165 e. The molecule has 2 heterocycles. The van der Waals surface area contributed by atoms with Gasteiger partial charge in [0.05, 0.1) is 6.61 Å². The molecule has 0 saturated heterocycles. The van der Waals surface area contributed by atoms with Crippen LogP contribution in [0.15, 0.2) is 36.4 Å². The third-order valence-corrected chi connectivity index (χ3v) is 3.13. The number of halogens is 1. The second-order valence-electron chi connectivity index (χ2n) is 4.35.